The molecule has 0 aliphatic carbocycles. The van der Waals surface area contributed by atoms with Crippen LogP contribution in [0.25, 0.3) is 21.8 Å². The second kappa shape index (κ2) is 8.48. The standard InChI is InChI=1S/C26H27N5O/c27-26(28)29-25(32)19-10-11-22-21-8-4-5-9-23(21)31(24(22)16-19)20-12-14-30(15-13-20)17-18-6-2-1-3-7-18/h1-11,16,20H,12-15,17H2,(H4,27,28,29,32). The minimum atomic E-state index is -0.415. The zero-order valence-corrected chi connectivity index (χ0v) is 17.9. The predicted octanol–water partition coefficient (Wildman–Crippen LogP) is 4.05. The molecule has 0 unspecified atom stereocenters. The molecule has 2 heterocycles. The van der Waals surface area contributed by atoms with Gasteiger partial charge in [0.05, 0.1) is 5.52 Å². The Bertz CT molecular complexity index is 1300. The number of piperidine rings is 1. The van der Waals surface area contributed by atoms with Crippen molar-refractivity contribution in [1.29, 1.82) is 0 Å². The van der Waals surface area contributed by atoms with Crippen LogP contribution in [0.3, 0.4) is 0 Å². The lowest BCUT2D eigenvalue weighted by atomic mass is 10.0. The van der Waals surface area contributed by atoms with Crippen LogP contribution in [-0.2, 0) is 6.54 Å². The monoisotopic (exact) mass is 425 g/mol. The van der Waals surface area contributed by atoms with Crippen LogP contribution < -0.4 is 11.5 Å². The molecule has 162 valence electrons. The van der Waals surface area contributed by atoms with E-state index in [0.29, 0.717) is 11.6 Å². The molecule has 0 spiro atoms. The molecule has 1 amide bonds. The van der Waals surface area contributed by atoms with Crippen LogP contribution in [0.5, 0.6) is 0 Å². The van der Waals surface area contributed by atoms with Crippen LogP contribution in [0, 0.1) is 0 Å². The molecule has 4 N–H and O–H groups in total. The fourth-order valence-corrected chi connectivity index (χ4v) is 4.89. The SMILES string of the molecule is NC(N)=NC(=O)c1ccc2c3ccccc3n(C3CCN(Cc4ccccc4)CC3)c2c1. The quantitative estimate of drug-likeness (QED) is 0.381. The molecule has 1 fully saturated rings. The number of nitrogens with two attached hydrogens (primary N) is 2. The Morgan fingerprint density at radius 1 is 0.875 bits per heavy atom. The molecule has 1 aromatic heterocycles. The summed E-state index contributed by atoms with van der Waals surface area (Å²) in [5.74, 6) is -0.636. The van der Waals surface area contributed by atoms with E-state index < -0.39 is 5.91 Å². The Balaban J connectivity index is 1.48. The summed E-state index contributed by atoms with van der Waals surface area (Å²) in [6, 6.07) is 25.2. The summed E-state index contributed by atoms with van der Waals surface area (Å²) in [5.41, 5.74) is 14.9. The number of hydrogen-bond donors (Lipinski definition) is 2. The van der Waals surface area contributed by atoms with Gasteiger partial charge in [-0.05, 0) is 36.6 Å². The highest BCUT2D eigenvalue weighted by atomic mass is 16.1. The van der Waals surface area contributed by atoms with Crippen molar-refractivity contribution in [3.05, 3.63) is 83.9 Å². The number of likely N-dealkylation sites (tertiary alicyclic amines) is 1. The van der Waals surface area contributed by atoms with Gasteiger partial charge in [0.15, 0.2) is 5.96 Å². The first-order chi connectivity index (χ1) is 15.6. The Kier molecular flexibility index (Phi) is 5.37. The number of carbonyl (C=O) groups is 1. The number of aromatic nitrogens is 1. The molecule has 6 heteroatoms. The third kappa shape index (κ3) is 3.85. The molecule has 3 aromatic carbocycles. The summed E-state index contributed by atoms with van der Waals surface area (Å²) in [5, 5.41) is 2.35. The molecule has 1 aliphatic heterocycles. The third-order valence-corrected chi connectivity index (χ3v) is 6.36. The van der Waals surface area contributed by atoms with E-state index in [1.807, 2.05) is 12.1 Å². The van der Waals surface area contributed by atoms with E-state index in [2.05, 4.69) is 69.1 Å². The van der Waals surface area contributed by atoms with Crippen molar-refractivity contribution in [2.24, 2.45) is 16.5 Å². The van der Waals surface area contributed by atoms with Gasteiger partial charge in [0.1, 0.15) is 0 Å². The molecular formula is C26H27N5O. The third-order valence-electron chi connectivity index (χ3n) is 6.36. The van der Waals surface area contributed by atoms with Crippen molar-refractivity contribution in [1.82, 2.24) is 9.47 Å². The lowest BCUT2D eigenvalue weighted by Gasteiger charge is -2.33. The zero-order valence-electron chi connectivity index (χ0n) is 17.9. The average Bonchev–Trinajstić information content (AvgIpc) is 3.13. The molecule has 5 rings (SSSR count). The molecule has 0 radical (unpaired) electrons. The van der Waals surface area contributed by atoms with Crippen molar-refractivity contribution >= 4 is 33.7 Å². The number of hydrogen-bond acceptors (Lipinski definition) is 2. The maximum Gasteiger partial charge on any atom is 0.280 e. The minimum absolute atomic E-state index is 0.221. The summed E-state index contributed by atoms with van der Waals surface area (Å²) in [6.45, 7) is 3.07. The highest BCUT2D eigenvalue weighted by Gasteiger charge is 2.24. The van der Waals surface area contributed by atoms with E-state index >= 15 is 0 Å². The Morgan fingerprint density at radius 2 is 1.56 bits per heavy atom. The van der Waals surface area contributed by atoms with Gasteiger partial charge in [-0.2, -0.15) is 4.99 Å². The molecule has 32 heavy (non-hydrogen) atoms. The van der Waals surface area contributed by atoms with Crippen molar-refractivity contribution in [2.75, 3.05) is 13.1 Å². The lowest BCUT2D eigenvalue weighted by Crippen LogP contribution is -2.34. The number of fused-ring (bicyclic) bond motifs is 3. The number of benzene rings is 3. The number of para-hydroxylation sites is 1. The van der Waals surface area contributed by atoms with Gasteiger partial charge in [0.25, 0.3) is 5.91 Å². The number of nitrogens with zero attached hydrogens (tertiary/aromatic N) is 3. The largest absolute Gasteiger partial charge is 0.370 e. The highest BCUT2D eigenvalue weighted by molar-refractivity contribution is 6.11. The van der Waals surface area contributed by atoms with Gasteiger partial charge in [-0.3, -0.25) is 9.69 Å². The smallest absolute Gasteiger partial charge is 0.280 e. The van der Waals surface area contributed by atoms with Crippen molar-refractivity contribution in [3.8, 4) is 0 Å². The van der Waals surface area contributed by atoms with Crippen LogP contribution in [0.4, 0.5) is 0 Å². The number of amides is 1. The first kappa shape index (κ1) is 20.3. The van der Waals surface area contributed by atoms with Gasteiger partial charge < -0.3 is 16.0 Å². The summed E-state index contributed by atoms with van der Waals surface area (Å²) < 4.78 is 2.41. The number of carbonyl (C=O) groups excluding carboxylic acids is 1. The van der Waals surface area contributed by atoms with Crippen LogP contribution in [0.2, 0.25) is 0 Å². The summed E-state index contributed by atoms with van der Waals surface area (Å²) >= 11 is 0. The molecule has 1 saturated heterocycles. The van der Waals surface area contributed by atoms with Gasteiger partial charge in [-0.25, -0.2) is 0 Å². The van der Waals surface area contributed by atoms with Crippen LogP contribution in [0.15, 0.2) is 77.8 Å². The molecule has 0 atom stereocenters. The van der Waals surface area contributed by atoms with Gasteiger partial charge in [0, 0.05) is 47.5 Å². The topological polar surface area (TPSA) is 89.6 Å². The number of aliphatic imine (C=N–C) groups is 1. The van der Waals surface area contributed by atoms with E-state index in [1.54, 1.807) is 6.07 Å². The van der Waals surface area contributed by atoms with Gasteiger partial charge in [-0.15, -0.1) is 0 Å². The van der Waals surface area contributed by atoms with E-state index in [1.165, 1.54) is 16.5 Å². The second-order valence-electron chi connectivity index (χ2n) is 8.45. The van der Waals surface area contributed by atoms with Gasteiger partial charge in [-0.1, -0.05) is 54.6 Å². The maximum atomic E-state index is 12.5. The Morgan fingerprint density at radius 3 is 2.31 bits per heavy atom. The summed E-state index contributed by atoms with van der Waals surface area (Å²) in [7, 11) is 0. The maximum absolute atomic E-state index is 12.5. The van der Waals surface area contributed by atoms with Gasteiger partial charge in [0.2, 0.25) is 0 Å². The second-order valence-corrected chi connectivity index (χ2v) is 8.45. The molecular weight excluding hydrogens is 398 g/mol. The van der Waals surface area contributed by atoms with Crippen LogP contribution >= 0.6 is 0 Å². The molecule has 0 bridgehead atoms. The average molecular weight is 426 g/mol. The fourth-order valence-electron chi connectivity index (χ4n) is 4.89. The van der Waals surface area contributed by atoms with Crippen molar-refractivity contribution in [3.63, 3.8) is 0 Å². The van der Waals surface area contributed by atoms with E-state index in [4.69, 9.17) is 11.5 Å². The molecule has 0 saturated carbocycles. The Labute approximate surface area is 187 Å². The van der Waals surface area contributed by atoms with Gasteiger partial charge >= 0.3 is 0 Å². The summed E-state index contributed by atoms with van der Waals surface area (Å²) in [4.78, 5) is 18.7. The van der Waals surface area contributed by atoms with E-state index in [9.17, 15) is 4.79 Å². The van der Waals surface area contributed by atoms with Crippen LogP contribution in [-0.4, -0.2) is 34.4 Å². The predicted molar refractivity (Wildman–Crippen MR) is 130 cm³/mol. The first-order valence-corrected chi connectivity index (χ1v) is 11.0. The summed E-state index contributed by atoms with van der Waals surface area (Å²) in [6.07, 6.45) is 2.12. The zero-order chi connectivity index (χ0) is 22.1. The normalized spacial score (nSPS) is 15.2. The Hall–Kier alpha value is -3.64. The van der Waals surface area contributed by atoms with Crippen molar-refractivity contribution < 1.29 is 4.79 Å². The molecule has 4 aromatic rings. The lowest BCUT2D eigenvalue weighted by molar-refractivity contribution is 0.100. The van der Waals surface area contributed by atoms with Crippen molar-refractivity contribution in [2.45, 2.75) is 25.4 Å². The molecule has 6 nitrogen and oxygen atoms in total. The first-order valence-electron chi connectivity index (χ1n) is 11.0. The minimum Gasteiger partial charge on any atom is -0.370 e. The fraction of sp³-hybridized carbons (Fsp3) is 0.231. The molecule has 1 aliphatic rings. The van der Waals surface area contributed by atoms with E-state index in [0.717, 1.165) is 43.4 Å². The number of guanidine groups is 1. The number of rotatable bonds is 4. The van der Waals surface area contributed by atoms with E-state index in [-0.39, 0.29) is 5.96 Å². The van der Waals surface area contributed by atoms with Crippen LogP contribution in [0.1, 0.15) is 34.8 Å². The highest BCUT2D eigenvalue weighted by Crippen LogP contribution is 2.36.